The second kappa shape index (κ2) is 16.4. The number of nitrogens with zero attached hydrogens (tertiary/aromatic N) is 6. The second-order valence-corrected chi connectivity index (χ2v) is 15.9. The van der Waals surface area contributed by atoms with E-state index in [0.717, 1.165) is 60.2 Å². The van der Waals surface area contributed by atoms with Crippen LogP contribution in [0.5, 0.6) is 17.2 Å². The zero-order chi connectivity index (χ0) is 37.7. The van der Waals surface area contributed by atoms with Crippen LogP contribution in [-0.2, 0) is 34.8 Å². The molecular formula is C38H49N7O7S. The van der Waals surface area contributed by atoms with Gasteiger partial charge in [0.25, 0.3) is 5.91 Å². The van der Waals surface area contributed by atoms with E-state index in [0.29, 0.717) is 62.9 Å². The molecule has 1 N–H and O–H groups in total. The Hall–Kier alpha value is -4.89. The highest BCUT2D eigenvalue weighted by atomic mass is 32.2. The number of hydrogen-bond acceptors (Lipinski definition) is 11. The molecular weight excluding hydrogens is 699 g/mol. The lowest BCUT2D eigenvalue weighted by Crippen LogP contribution is -2.45. The van der Waals surface area contributed by atoms with Gasteiger partial charge in [-0.1, -0.05) is 6.07 Å². The van der Waals surface area contributed by atoms with Gasteiger partial charge in [0.15, 0.2) is 21.3 Å². The van der Waals surface area contributed by atoms with Crippen LogP contribution in [0.3, 0.4) is 0 Å². The fraction of sp³-hybridized carbons (Fsp3) is 0.474. The Morgan fingerprint density at radius 1 is 0.981 bits per heavy atom. The zero-order valence-electron chi connectivity index (χ0n) is 31.1. The number of aromatic nitrogens is 3. The second-order valence-electron chi connectivity index (χ2n) is 13.8. The fourth-order valence-electron chi connectivity index (χ4n) is 7.26. The summed E-state index contributed by atoms with van der Waals surface area (Å²) < 4.78 is 43.8. The molecule has 1 saturated heterocycles. The van der Waals surface area contributed by atoms with E-state index in [1.807, 2.05) is 23.9 Å². The Morgan fingerprint density at radius 2 is 1.77 bits per heavy atom. The smallest absolute Gasteiger partial charge is 0.254 e. The van der Waals surface area contributed by atoms with Crippen molar-refractivity contribution < 1.29 is 32.2 Å². The molecule has 284 valence electrons. The predicted molar refractivity (Wildman–Crippen MR) is 201 cm³/mol. The highest BCUT2D eigenvalue weighted by Gasteiger charge is 2.28. The van der Waals surface area contributed by atoms with E-state index in [2.05, 4.69) is 26.2 Å². The number of anilines is 1. The van der Waals surface area contributed by atoms with Crippen molar-refractivity contribution in [2.24, 2.45) is 13.0 Å². The Labute approximate surface area is 310 Å². The number of fused-ring (bicyclic) bond motifs is 5. The molecule has 2 aliphatic heterocycles. The quantitative estimate of drug-likeness (QED) is 0.295. The average Bonchev–Trinajstić information content (AvgIpc) is 3.56. The molecule has 53 heavy (non-hydrogen) atoms. The molecule has 4 heterocycles. The molecule has 0 radical (unpaired) electrons. The normalized spacial score (nSPS) is 18.0. The fourth-order valence-corrected chi connectivity index (χ4v) is 7.93. The molecule has 14 nitrogen and oxygen atoms in total. The Balaban J connectivity index is 1.37. The molecule has 15 heteroatoms. The van der Waals surface area contributed by atoms with Crippen molar-refractivity contribution in [3.05, 3.63) is 65.7 Å². The van der Waals surface area contributed by atoms with Crippen LogP contribution < -0.4 is 24.4 Å². The van der Waals surface area contributed by atoms with E-state index in [9.17, 15) is 18.0 Å². The van der Waals surface area contributed by atoms with E-state index in [1.165, 1.54) is 17.0 Å². The van der Waals surface area contributed by atoms with Gasteiger partial charge in [0, 0.05) is 81.0 Å². The SMILES string of the molecule is COc1cc2nc3c(cc2c(OC)c1OC)CN(Cc1nccn1C)CCCCN(C(=O)c1cccc(S(C)(=O)=O)c1)CC(=O)NCC1CCCN3C1. The van der Waals surface area contributed by atoms with Crippen molar-refractivity contribution in [3.63, 3.8) is 0 Å². The monoisotopic (exact) mass is 747 g/mol. The first-order valence-electron chi connectivity index (χ1n) is 17.9. The van der Waals surface area contributed by atoms with Crippen molar-refractivity contribution in [3.8, 4) is 17.2 Å². The van der Waals surface area contributed by atoms with E-state index >= 15 is 0 Å². The summed E-state index contributed by atoms with van der Waals surface area (Å²) in [6, 6.07) is 10.0. The number of pyridine rings is 1. The van der Waals surface area contributed by atoms with Crippen molar-refractivity contribution >= 4 is 38.4 Å². The molecule has 0 aliphatic carbocycles. The van der Waals surface area contributed by atoms with Gasteiger partial charge in [0.05, 0.1) is 44.8 Å². The molecule has 2 aliphatic rings. The summed E-state index contributed by atoms with van der Waals surface area (Å²) in [5.41, 5.74) is 1.98. The number of ether oxygens (including phenoxy) is 3. The van der Waals surface area contributed by atoms with Crippen molar-refractivity contribution in [2.75, 3.05) is 71.8 Å². The number of rotatable bonds is 7. The summed E-state index contributed by atoms with van der Waals surface area (Å²) in [5.74, 6) is 2.89. The maximum absolute atomic E-state index is 13.8. The Morgan fingerprint density at radius 3 is 2.49 bits per heavy atom. The van der Waals surface area contributed by atoms with Crippen molar-refractivity contribution in [1.82, 2.24) is 29.7 Å². The van der Waals surface area contributed by atoms with Gasteiger partial charge >= 0.3 is 0 Å². The van der Waals surface area contributed by atoms with Crippen LogP contribution >= 0.6 is 0 Å². The summed E-state index contributed by atoms with van der Waals surface area (Å²) >= 11 is 0. The first-order chi connectivity index (χ1) is 25.5. The van der Waals surface area contributed by atoms with Gasteiger partial charge in [-0.05, 0) is 62.4 Å². The Kier molecular flexibility index (Phi) is 11.7. The number of imidazole rings is 1. The highest BCUT2D eigenvalue weighted by Crippen LogP contribution is 2.44. The number of amides is 2. The first kappa shape index (κ1) is 37.9. The molecule has 2 bridgehead atoms. The molecule has 0 spiro atoms. The molecule has 1 atom stereocenters. The number of aryl methyl sites for hydroxylation is 1. The van der Waals surface area contributed by atoms with Crippen LogP contribution in [0.15, 0.2) is 53.7 Å². The third kappa shape index (κ3) is 8.68. The summed E-state index contributed by atoms with van der Waals surface area (Å²) in [7, 11) is 3.26. The van der Waals surface area contributed by atoms with E-state index in [-0.39, 0.29) is 34.7 Å². The number of carbonyl (C=O) groups is 2. The van der Waals surface area contributed by atoms with Crippen molar-refractivity contribution in [1.29, 1.82) is 0 Å². The number of carbonyl (C=O) groups excluding carboxylic acids is 2. The van der Waals surface area contributed by atoms with Gasteiger partial charge in [0.2, 0.25) is 11.7 Å². The summed E-state index contributed by atoms with van der Waals surface area (Å²) in [6.07, 6.45) is 8.03. The molecule has 4 aromatic rings. The topological polar surface area (TPSA) is 148 Å². The van der Waals surface area contributed by atoms with Crippen molar-refractivity contribution in [2.45, 2.75) is 43.7 Å². The van der Waals surface area contributed by atoms with E-state index in [4.69, 9.17) is 19.2 Å². The summed E-state index contributed by atoms with van der Waals surface area (Å²) in [5, 5.41) is 3.90. The number of hydrogen-bond donors (Lipinski definition) is 1. The van der Waals surface area contributed by atoms with Crippen LogP contribution in [0.25, 0.3) is 10.9 Å². The van der Waals surface area contributed by atoms with Gasteiger partial charge in [-0.25, -0.2) is 18.4 Å². The molecule has 0 saturated carbocycles. The number of nitrogens with one attached hydrogen (secondary N) is 1. The van der Waals surface area contributed by atoms with Crippen LogP contribution in [0, 0.1) is 5.92 Å². The molecule has 6 rings (SSSR count). The number of methoxy groups -OCH3 is 3. The largest absolute Gasteiger partial charge is 0.493 e. The molecule has 2 aromatic heterocycles. The maximum atomic E-state index is 13.8. The van der Waals surface area contributed by atoms with Crippen LogP contribution in [-0.4, -0.2) is 111 Å². The maximum Gasteiger partial charge on any atom is 0.254 e. The van der Waals surface area contributed by atoms with Gasteiger partial charge in [-0.2, -0.15) is 0 Å². The van der Waals surface area contributed by atoms with E-state index < -0.39 is 9.84 Å². The summed E-state index contributed by atoms with van der Waals surface area (Å²) in [4.78, 5) is 43.4. The zero-order valence-corrected chi connectivity index (χ0v) is 31.9. The third-order valence-corrected chi connectivity index (χ3v) is 11.2. The number of piperidine rings is 1. The molecule has 2 aromatic carbocycles. The summed E-state index contributed by atoms with van der Waals surface area (Å²) in [6.45, 7) is 3.98. The van der Waals surface area contributed by atoms with Gasteiger partial charge < -0.3 is 33.9 Å². The number of benzene rings is 2. The van der Waals surface area contributed by atoms with Gasteiger partial charge in [-0.15, -0.1) is 0 Å². The molecule has 2 amide bonds. The molecule has 1 fully saturated rings. The lowest BCUT2D eigenvalue weighted by atomic mass is 9.97. The van der Waals surface area contributed by atoms with E-state index in [1.54, 1.807) is 39.7 Å². The average molecular weight is 748 g/mol. The lowest BCUT2D eigenvalue weighted by Gasteiger charge is -2.36. The van der Waals surface area contributed by atoms with Gasteiger partial charge in [-0.3, -0.25) is 14.5 Å². The lowest BCUT2D eigenvalue weighted by molar-refractivity contribution is -0.122. The van der Waals surface area contributed by atoms with Crippen LogP contribution in [0.1, 0.15) is 47.4 Å². The third-order valence-electron chi connectivity index (χ3n) is 10.0. The minimum absolute atomic E-state index is 0.0618. The van der Waals surface area contributed by atoms with Crippen LogP contribution in [0.2, 0.25) is 0 Å². The van der Waals surface area contributed by atoms with Crippen LogP contribution in [0.4, 0.5) is 5.82 Å². The standard InChI is InChI=1S/C38H49N7O7S/c1-42-17-13-39-33(42)24-43-14-6-7-15-45(38(47)27-11-8-12-29(18-27)53(5,48)49)25-34(46)40-21-26-10-9-16-44(22-26)37-28(23-43)19-30-31(41-37)20-32(50-2)36(52-4)35(30)51-3/h8,11-13,17-20,26H,6-7,9-10,14-16,21-25H2,1-5H3,(H,40,46). The predicted octanol–water partition coefficient (Wildman–Crippen LogP) is 3.67. The highest BCUT2D eigenvalue weighted by molar-refractivity contribution is 7.90. The van der Waals surface area contributed by atoms with Gasteiger partial charge in [0.1, 0.15) is 11.6 Å². The minimum atomic E-state index is -3.52. The number of sulfone groups is 1. The first-order valence-corrected chi connectivity index (χ1v) is 19.8. The molecule has 1 unspecified atom stereocenters. The minimum Gasteiger partial charge on any atom is -0.493 e. The Bertz CT molecular complexity index is 2070.